The molecule has 0 aromatic carbocycles. The Hall–Kier alpha value is -2.45. The van der Waals surface area contributed by atoms with Gasteiger partial charge in [0, 0.05) is 52.1 Å². The number of carbonyl (C=O) groups is 1. The number of hydrogen-bond acceptors (Lipinski definition) is 8. The van der Waals surface area contributed by atoms with Crippen LogP contribution < -0.4 is 9.80 Å². The van der Waals surface area contributed by atoms with E-state index < -0.39 is 0 Å². The summed E-state index contributed by atoms with van der Waals surface area (Å²) in [5.74, 6) is 2.18. The zero-order chi connectivity index (χ0) is 18.8. The van der Waals surface area contributed by atoms with Gasteiger partial charge in [0.05, 0.1) is 0 Å². The Labute approximate surface area is 158 Å². The summed E-state index contributed by atoms with van der Waals surface area (Å²) in [6.45, 7) is 6.30. The Morgan fingerprint density at radius 3 is 2.48 bits per heavy atom. The number of hydrogen-bond donors (Lipinski definition) is 0. The van der Waals surface area contributed by atoms with Gasteiger partial charge in [0.1, 0.15) is 0 Å². The van der Waals surface area contributed by atoms with Crippen LogP contribution in [0.4, 0.5) is 11.6 Å². The summed E-state index contributed by atoms with van der Waals surface area (Å²) in [7, 11) is 2.02. The smallest absolute Gasteiger partial charge is 0.245 e. The van der Waals surface area contributed by atoms with E-state index in [1.165, 1.54) is 12.8 Å². The van der Waals surface area contributed by atoms with E-state index >= 15 is 0 Å². The minimum Gasteiger partial charge on any atom is -0.356 e. The summed E-state index contributed by atoms with van der Waals surface area (Å²) in [6, 6.07) is 0. The zero-order valence-electron chi connectivity index (χ0n) is 16.1. The van der Waals surface area contributed by atoms with E-state index in [-0.39, 0.29) is 5.91 Å². The fourth-order valence-electron chi connectivity index (χ4n) is 4.13. The minimum absolute atomic E-state index is 0.242. The van der Waals surface area contributed by atoms with Crippen molar-refractivity contribution in [3.8, 4) is 0 Å². The molecule has 9 nitrogen and oxygen atoms in total. The van der Waals surface area contributed by atoms with Crippen molar-refractivity contribution in [2.45, 2.75) is 39.0 Å². The van der Waals surface area contributed by atoms with E-state index in [1.54, 1.807) is 0 Å². The quantitative estimate of drug-likeness (QED) is 0.782. The predicted molar refractivity (Wildman–Crippen MR) is 102 cm³/mol. The third-order valence-electron chi connectivity index (χ3n) is 5.55. The summed E-state index contributed by atoms with van der Waals surface area (Å²) >= 11 is 0. The van der Waals surface area contributed by atoms with Crippen LogP contribution in [0.2, 0.25) is 0 Å². The Kier molecular flexibility index (Phi) is 5.09. The predicted octanol–water partition coefficient (Wildman–Crippen LogP) is 1.70. The van der Waals surface area contributed by atoms with Crippen LogP contribution in [0.1, 0.15) is 39.0 Å². The van der Waals surface area contributed by atoms with Crippen molar-refractivity contribution >= 4 is 28.8 Å². The molecule has 2 aromatic rings. The van der Waals surface area contributed by atoms with Crippen molar-refractivity contribution in [1.82, 2.24) is 25.2 Å². The third-order valence-corrected chi connectivity index (χ3v) is 5.55. The summed E-state index contributed by atoms with van der Waals surface area (Å²) in [5, 5.41) is 7.74. The summed E-state index contributed by atoms with van der Waals surface area (Å²) < 4.78 is 4.83. The molecule has 0 N–H and O–H groups in total. The first-order valence-corrected chi connectivity index (χ1v) is 9.90. The van der Waals surface area contributed by atoms with Crippen LogP contribution in [0.15, 0.2) is 4.63 Å². The van der Waals surface area contributed by atoms with Crippen LogP contribution in [0.3, 0.4) is 0 Å². The largest absolute Gasteiger partial charge is 0.356 e. The van der Waals surface area contributed by atoms with Gasteiger partial charge in [-0.05, 0) is 30.1 Å². The highest BCUT2D eigenvalue weighted by atomic mass is 16.6. The van der Waals surface area contributed by atoms with E-state index in [0.29, 0.717) is 23.6 Å². The Bertz CT molecular complexity index is 800. The molecular weight excluding hydrogens is 346 g/mol. The van der Waals surface area contributed by atoms with Crippen LogP contribution in [0.5, 0.6) is 0 Å². The van der Waals surface area contributed by atoms with E-state index in [1.807, 2.05) is 18.9 Å². The molecule has 2 fully saturated rings. The van der Waals surface area contributed by atoms with Crippen LogP contribution in [0.25, 0.3) is 11.3 Å². The van der Waals surface area contributed by atoms with E-state index in [0.717, 1.165) is 57.2 Å². The molecule has 0 saturated carbocycles. The molecule has 4 heterocycles. The van der Waals surface area contributed by atoms with Crippen molar-refractivity contribution in [2.24, 2.45) is 5.92 Å². The second-order valence-electron chi connectivity index (χ2n) is 7.57. The molecule has 0 radical (unpaired) electrons. The maximum Gasteiger partial charge on any atom is 0.245 e. The van der Waals surface area contributed by atoms with Gasteiger partial charge in [-0.1, -0.05) is 12.8 Å². The van der Waals surface area contributed by atoms with Crippen molar-refractivity contribution in [1.29, 1.82) is 0 Å². The summed E-state index contributed by atoms with van der Waals surface area (Å²) in [6.07, 6.45) is 5.41. The van der Waals surface area contributed by atoms with E-state index in [9.17, 15) is 4.79 Å². The first kappa shape index (κ1) is 17.9. The van der Waals surface area contributed by atoms with Gasteiger partial charge in [-0.15, -0.1) is 0 Å². The standard InChI is InChI=1S/C18H27N7O2/c1-3-24-12-13(10-14(24)26)11-23(2)17-18(25-8-6-4-5-7-9-25)20-16-15(19-17)21-27-22-16/h13H,3-12H2,1-2H3. The Morgan fingerprint density at radius 1 is 1.11 bits per heavy atom. The lowest BCUT2D eigenvalue weighted by molar-refractivity contribution is -0.127. The Morgan fingerprint density at radius 2 is 1.81 bits per heavy atom. The van der Waals surface area contributed by atoms with Crippen molar-refractivity contribution < 1.29 is 9.42 Å². The average molecular weight is 373 g/mol. The lowest BCUT2D eigenvalue weighted by atomic mass is 10.1. The topological polar surface area (TPSA) is 91.5 Å². The number of anilines is 2. The number of carbonyl (C=O) groups excluding carboxylic acids is 1. The Balaban J connectivity index is 1.60. The van der Waals surface area contributed by atoms with Crippen LogP contribution >= 0.6 is 0 Å². The third kappa shape index (κ3) is 3.68. The van der Waals surface area contributed by atoms with Crippen LogP contribution in [0, 0.1) is 5.92 Å². The highest BCUT2D eigenvalue weighted by Gasteiger charge is 2.30. The molecule has 0 spiro atoms. The fraction of sp³-hybridized carbons (Fsp3) is 0.722. The van der Waals surface area contributed by atoms with Gasteiger partial charge < -0.3 is 14.7 Å². The maximum absolute atomic E-state index is 12.1. The molecule has 0 bridgehead atoms. The maximum atomic E-state index is 12.1. The number of amides is 1. The summed E-state index contributed by atoms with van der Waals surface area (Å²) in [4.78, 5) is 27.8. The molecule has 1 atom stereocenters. The second-order valence-corrected chi connectivity index (χ2v) is 7.57. The number of nitrogens with zero attached hydrogens (tertiary/aromatic N) is 7. The van der Waals surface area contributed by atoms with Crippen LogP contribution in [-0.2, 0) is 4.79 Å². The number of rotatable bonds is 5. The van der Waals surface area contributed by atoms with Gasteiger partial charge in [0.2, 0.25) is 17.2 Å². The lowest BCUT2D eigenvalue weighted by Gasteiger charge is -2.28. The molecule has 2 aliphatic rings. The molecular formula is C18H27N7O2. The number of fused-ring (bicyclic) bond motifs is 1. The highest BCUT2D eigenvalue weighted by Crippen LogP contribution is 2.30. The fourth-order valence-corrected chi connectivity index (χ4v) is 4.13. The molecule has 0 aliphatic carbocycles. The second kappa shape index (κ2) is 7.66. The molecule has 4 rings (SSSR count). The van der Waals surface area contributed by atoms with Crippen molar-refractivity contribution in [2.75, 3.05) is 49.6 Å². The number of likely N-dealkylation sites (tertiary alicyclic amines) is 1. The molecule has 27 heavy (non-hydrogen) atoms. The van der Waals surface area contributed by atoms with Gasteiger partial charge in [-0.2, -0.15) is 0 Å². The molecule has 2 aliphatic heterocycles. The first-order chi connectivity index (χ1) is 13.2. The SMILES string of the molecule is CCN1CC(CN(C)c2nc3nonc3nc2N2CCCCCC2)CC1=O. The normalized spacial score (nSPS) is 21.1. The van der Waals surface area contributed by atoms with Crippen LogP contribution in [-0.4, -0.2) is 70.9 Å². The van der Waals surface area contributed by atoms with Gasteiger partial charge in [0.25, 0.3) is 0 Å². The molecule has 2 saturated heterocycles. The summed E-state index contributed by atoms with van der Waals surface area (Å²) in [5.41, 5.74) is 0.868. The molecule has 1 unspecified atom stereocenters. The monoisotopic (exact) mass is 373 g/mol. The number of aromatic nitrogens is 4. The van der Waals surface area contributed by atoms with E-state index in [4.69, 9.17) is 14.6 Å². The van der Waals surface area contributed by atoms with Crippen molar-refractivity contribution in [3.63, 3.8) is 0 Å². The van der Waals surface area contributed by atoms with Gasteiger partial charge in [0.15, 0.2) is 11.6 Å². The van der Waals surface area contributed by atoms with Gasteiger partial charge in [-0.3, -0.25) is 4.79 Å². The molecule has 9 heteroatoms. The average Bonchev–Trinajstić information content (AvgIpc) is 3.16. The van der Waals surface area contributed by atoms with Crippen molar-refractivity contribution in [3.05, 3.63) is 0 Å². The highest BCUT2D eigenvalue weighted by molar-refractivity contribution is 5.79. The van der Waals surface area contributed by atoms with Gasteiger partial charge in [-0.25, -0.2) is 14.6 Å². The zero-order valence-corrected chi connectivity index (χ0v) is 16.1. The molecule has 2 aromatic heterocycles. The van der Waals surface area contributed by atoms with E-state index in [2.05, 4.69) is 20.1 Å². The molecule has 146 valence electrons. The first-order valence-electron chi connectivity index (χ1n) is 9.90. The molecule has 1 amide bonds. The lowest BCUT2D eigenvalue weighted by Crippen LogP contribution is -2.32. The van der Waals surface area contributed by atoms with Gasteiger partial charge >= 0.3 is 0 Å². The minimum atomic E-state index is 0.242.